The number of fused-ring (bicyclic) bond motifs is 1. The Balaban J connectivity index is 1.44. The van der Waals surface area contributed by atoms with Crippen LogP contribution in [0.4, 0.5) is 0 Å². The van der Waals surface area contributed by atoms with Gasteiger partial charge in [-0.1, -0.05) is 90.5 Å². The van der Waals surface area contributed by atoms with Crippen molar-refractivity contribution in [3.8, 4) is 16.9 Å². The number of ether oxygens (including phenoxy) is 1. The second kappa shape index (κ2) is 10.2. The van der Waals surface area contributed by atoms with Crippen molar-refractivity contribution in [2.45, 2.75) is 38.8 Å². The van der Waals surface area contributed by atoms with Crippen molar-refractivity contribution >= 4 is 5.91 Å². The van der Waals surface area contributed by atoms with E-state index >= 15 is 0 Å². The van der Waals surface area contributed by atoms with Gasteiger partial charge in [0.05, 0.1) is 13.5 Å². The van der Waals surface area contributed by atoms with Gasteiger partial charge < -0.3 is 9.64 Å². The molecule has 3 nitrogen and oxygen atoms in total. The second-order valence-electron chi connectivity index (χ2n) is 9.41. The summed E-state index contributed by atoms with van der Waals surface area (Å²) < 4.78 is 5.43. The first-order chi connectivity index (χ1) is 17.1. The van der Waals surface area contributed by atoms with E-state index in [4.69, 9.17) is 4.74 Å². The van der Waals surface area contributed by atoms with Gasteiger partial charge in [0, 0.05) is 12.6 Å². The Hall–Kier alpha value is -3.85. The summed E-state index contributed by atoms with van der Waals surface area (Å²) in [4.78, 5) is 16.1. The molecule has 0 unspecified atom stereocenters. The third-order valence-corrected chi connectivity index (χ3v) is 6.97. The van der Waals surface area contributed by atoms with E-state index in [-0.39, 0.29) is 11.9 Å². The summed E-state index contributed by atoms with van der Waals surface area (Å²) in [5.41, 5.74) is 8.28. The van der Waals surface area contributed by atoms with Crippen molar-refractivity contribution < 1.29 is 9.53 Å². The molecule has 4 aromatic rings. The van der Waals surface area contributed by atoms with Crippen LogP contribution in [-0.4, -0.2) is 24.0 Å². The molecular weight excluding hydrogens is 430 g/mol. The van der Waals surface area contributed by atoms with Gasteiger partial charge in [-0.05, 0) is 65.3 Å². The number of benzene rings is 4. The Morgan fingerprint density at radius 3 is 2.31 bits per heavy atom. The quantitative estimate of drug-likeness (QED) is 0.318. The average Bonchev–Trinajstić information content (AvgIpc) is 3.31. The van der Waals surface area contributed by atoms with Crippen LogP contribution in [0.3, 0.4) is 0 Å². The third kappa shape index (κ3) is 5.14. The van der Waals surface area contributed by atoms with Crippen LogP contribution in [0.5, 0.6) is 5.75 Å². The fourth-order valence-electron chi connectivity index (χ4n) is 5.20. The van der Waals surface area contributed by atoms with Gasteiger partial charge in [0.25, 0.3) is 0 Å². The molecule has 0 aliphatic heterocycles. The van der Waals surface area contributed by atoms with Crippen LogP contribution in [0.15, 0.2) is 97.1 Å². The van der Waals surface area contributed by atoms with Crippen molar-refractivity contribution in [1.29, 1.82) is 0 Å². The maximum Gasteiger partial charge on any atom is 0.227 e. The summed E-state index contributed by atoms with van der Waals surface area (Å²) >= 11 is 0. The van der Waals surface area contributed by atoms with Crippen molar-refractivity contribution in [3.63, 3.8) is 0 Å². The number of nitrogens with zero attached hydrogens (tertiary/aromatic N) is 1. The lowest BCUT2D eigenvalue weighted by molar-refractivity contribution is -0.133. The molecule has 0 radical (unpaired) electrons. The van der Waals surface area contributed by atoms with E-state index in [1.807, 2.05) is 30.3 Å². The van der Waals surface area contributed by atoms with E-state index in [2.05, 4.69) is 78.6 Å². The lowest BCUT2D eigenvalue weighted by Gasteiger charge is -2.30. The molecule has 0 saturated heterocycles. The molecule has 0 bridgehead atoms. The highest BCUT2D eigenvalue weighted by Crippen LogP contribution is 2.30. The first-order valence-electron chi connectivity index (χ1n) is 12.2. The summed E-state index contributed by atoms with van der Waals surface area (Å²) in [6.07, 6.45) is 2.18. The number of hydrogen-bond donors (Lipinski definition) is 0. The number of carbonyl (C=O) groups excluding carboxylic acids is 1. The first-order valence-corrected chi connectivity index (χ1v) is 12.2. The van der Waals surface area contributed by atoms with Crippen LogP contribution >= 0.6 is 0 Å². The molecular formula is C32H31NO2. The lowest BCUT2D eigenvalue weighted by Crippen LogP contribution is -2.41. The Labute approximate surface area is 208 Å². The van der Waals surface area contributed by atoms with Crippen LogP contribution in [0, 0.1) is 6.92 Å². The van der Waals surface area contributed by atoms with Crippen LogP contribution in [-0.2, 0) is 30.6 Å². The van der Waals surface area contributed by atoms with Crippen LogP contribution < -0.4 is 4.74 Å². The minimum Gasteiger partial charge on any atom is -0.497 e. The minimum absolute atomic E-state index is 0.166. The maximum atomic E-state index is 13.9. The molecule has 1 amide bonds. The van der Waals surface area contributed by atoms with Crippen LogP contribution in [0.25, 0.3) is 11.1 Å². The molecule has 35 heavy (non-hydrogen) atoms. The summed E-state index contributed by atoms with van der Waals surface area (Å²) in [5, 5.41) is 0. The van der Waals surface area contributed by atoms with Gasteiger partial charge in [-0.15, -0.1) is 0 Å². The highest BCUT2D eigenvalue weighted by molar-refractivity contribution is 5.82. The molecule has 1 aliphatic carbocycles. The molecule has 1 aliphatic rings. The highest BCUT2D eigenvalue weighted by Gasteiger charge is 2.30. The number of carbonyl (C=O) groups is 1. The van der Waals surface area contributed by atoms with Crippen LogP contribution in [0.1, 0.15) is 27.8 Å². The third-order valence-electron chi connectivity index (χ3n) is 6.97. The molecule has 0 atom stereocenters. The summed E-state index contributed by atoms with van der Waals surface area (Å²) in [7, 11) is 1.68. The number of amides is 1. The number of hydrogen-bond acceptors (Lipinski definition) is 2. The maximum absolute atomic E-state index is 13.9. The van der Waals surface area contributed by atoms with E-state index in [1.165, 1.54) is 22.3 Å². The Bertz CT molecular complexity index is 1320. The van der Waals surface area contributed by atoms with Gasteiger partial charge in [-0.2, -0.15) is 0 Å². The number of methoxy groups -OCH3 is 1. The largest absolute Gasteiger partial charge is 0.497 e. The van der Waals surface area contributed by atoms with Gasteiger partial charge in [0.1, 0.15) is 5.75 Å². The lowest BCUT2D eigenvalue weighted by atomic mass is 9.96. The van der Waals surface area contributed by atoms with E-state index in [0.717, 1.165) is 35.3 Å². The Morgan fingerprint density at radius 1 is 0.857 bits per heavy atom. The monoisotopic (exact) mass is 461 g/mol. The normalized spacial score (nSPS) is 12.9. The van der Waals surface area contributed by atoms with Crippen molar-refractivity contribution in [2.24, 2.45) is 0 Å². The molecule has 5 rings (SSSR count). The zero-order valence-corrected chi connectivity index (χ0v) is 20.4. The SMILES string of the molecule is COc1cccc(-c2ccccc2CC(=O)N(Cc2cccc(C)c2)C2Cc3ccccc3C2)c1. The molecule has 0 aromatic heterocycles. The standard InChI is InChI=1S/C32H31NO2/c1-23-9-7-10-24(17-23)22-33(29-18-25-11-3-4-12-26(25)19-29)32(34)21-28-13-5-6-16-31(28)27-14-8-15-30(20-27)35-2/h3-17,20,29H,18-19,21-22H2,1-2H3. The molecule has 0 saturated carbocycles. The summed E-state index contributed by atoms with van der Waals surface area (Å²) in [6, 6.07) is 33.5. The molecule has 4 aromatic carbocycles. The summed E-state index contributed by atoms with van der Waals surface area (Å²) in [5.74, 6) is 0.980. The number of rotatable bonds is 7. The first kappa shape index (κ1) is 22.9. The van der Waals surface area contributed by atoms with Gasteiger partial charge >= 0.3 is 0 Å². The van der Waals surface area contributed by atoms with Gasteiger partial charge in [-0.25, -0.2) is 0 Å². The van der Waals surface area contributed by atoms with Crippen LogP contribution in [0.2, 0.25) is 0 Å². The zero-order valence-electron chi connectivity index (χ0n) is 20.4. The topological polar surface area (TPSA) is 29.5 Å². The van der Waals surface area contributed by atoms with E-state index in [1.54, 1.807) is 7.11 Å². The molecule has 176 valence electrons. The van der Waals surface area contributed by atoms with E-state index in [0.29, 0.717) is 13.0 Å². The Morgan fingerprint density at radius 2 is 1.57 bits per heavy atom. The second-order valence-corrected chi connectivity index (χ2v) is 9.41. The molecule has 0 spiro atoms. The number of aryl methyl sites for hydroxylation is 1. The fourth-order valence-corrected chi connectivity index (χ4v) is 5.20. The Kier molecular flexibility index (Phi) is 6.67. The van der Waals surface area contributed by atoms with Gasteiger partial charge in [0.15, 0.2) is 0 Å². The molecule has 0 N–H and O–H groups in total. The van der Waals surface area contributed by atoms with Crippen molar-refractivity contribution in [1.82, 2.24) is 4.90 Å². The van der Waals surface area contributed by atoms with Gasteiger partial charge in [-0.3, -0.25) is 4.79 Å². The average molecular weight is 462 g/mol. The van der Waals surface area contributed by atoms with Crippen molar-refractivity contribution in [3.05, 3.63) is 125 Å². The predicted molar refractivity (Wildman–Crippen MR) is 142 cm³/mol. The van der Waals surface area contributed by atoms with E-state index in [9.17, 15) is 4.79 Å². The molecule has 0 fully saturated rings. The smallest absolute Gasteiger partial charge is 0.227 e. The van der Waals surface area contributed by atoms with E-state index < -0.39 is 0 Å². The molecule has 3 heteroatoms. The summed E-state index contributed by atoms with van der Waals surface area (Å²) in [6.45, 7) is 2.73. The highest BCUT2D eigenvalue weighted by atomic mass is 16.5. The van der Waals surface area contributed by atoms with Crippen molar-refractivity contribution in [2.75, 3.05) is 7.11 Å². The fraction of sp³-hybridized carbons (Fsp3) is 0.219. The predicted octanol–water partition coefficient (Wildman–Crippen LogP) is 6.41. The zero-order chi connectivity index (χ0) is 24.2. The molecule has 0 heterocycles. The van der Waals surface area contributed by atoms with Gasteiger partial charge in [0.2, 0.25) is 5.91 Å². The minimum atomic E-state index is 0.166.